The molecule has 2 unspecified atom stereocenters. The summed E-state index contributed by atoms with van der Waals surface area (Å²) in [5, 5.41) is 2.91. The van der Waals surface area contributed by atoms with Crippen LogP contribution in [0.4, 0.5) is 0 Å². The van der Waals surface area contributed by atoms with E-state index in [-0.39, 0.29) is 79.2 Å². The van der Waals surface area contributed by atoms with E-state index in [0.717, 1.165) is 0 Å². The molecule has 0 saturated heterocycles. The molecule has 1 rings (SSSR count). The molecule has 0 radical (unpaired) electrons. The van der Waals surface area contributed by atoms with Crippen LogP contribution in [0.1, 0.15) is 145 Å². The fourth-order valence-electron chi connectivity index (χ4n) is 8.73. The van der Waals surface area contributed by atoms with Gasteiger partial charge in [-0.2, -0.15) is 0 Å². The van der Waals surface area contributed by atoms with E-state index in [1.54, 1.807) is 0 Å². The van der Waals surface area contributed by atoms with Gasteiger partial charge in [0.1, 0.15) is 0 Å². The molecule has 0 amide bonds. The summed E-state index contributed by atoms with van der Waals surface area (Å²) >= 11 is 0. The van der Waals surface area contributed by atoms with Crippen molar-refractivity contribution in [3.63, 3.8) is 0 Å². The molecule has 2 atom stereocenters. The van der Waals surface area contributed by atoms with Gasteiger partial charge >= 0.3 is 59.1 Å². The summed E-state index contributed by atoms with van der Waals surface area (Å²) in [6.07, 6.45) is 0. The second-order valence-electron chi connectivity index (χ2n) is 18.1. The Hall–Kier alpha value is 4.19. The molecule has 1 heterocycles. The van der Waals surface area contributed by atoms with Gasteiger partial charge in [-0.05, 0) is 0 Å². The normalized spacial score (nSPS) is 17.6. The third kappa shape index (κ3) is 8.27. The van der Waals surface area contributed by atoms with Crippen LogP contribution in [0.2, 0.25) is 30.2 Å². The van der Waals surface area contributed by atoms with Gasteiger partial charge in [0.25, 0.3) is 0 Å². The molecule has 0 N–H and O–H groups in total. The standard InChI is InChI=1S/C28H63P5Si2.2Na/c1-22(2,3)31-32(29-34(23(4,5)6,24(7,8)9)25(10,11)12)33(31)30-35(26(13,14)15,27(16,17)18)28(19,20)21;;/h1-21H3;;/q-2;2*+1. The largest absolute Gasteiger partial charge is 1.00 e. The summed E-state index contributed by atoms with van der Waals surface area (Å²) in [4.78, 5) is 0. The maximum absolute atomic E-state index is 2.61. The monoisotopic (exact) mass is 656 g/mol. The van der Waals surface area contributed by atoms with Crippen molar-refractivity contribution >= 4 is 51.2 Å². The Morgan fingerprint density at radius 2 is 0.514 bits per heavy atom. The summed E-state index contributed by atoms with van der Waals surface area (Å²) in [7, 11) is 0.470. The Morgan fingerprint density at radius 1 is 0.351 bits per heavy atom. The first-order valence-electron chi connectivity index (χ1n) is 13.7. The molecule has 0 spiro atoms. The smallest absolute Gasteiger partial charge is 0.473 e. The summed E-state index contributed by atoms with van der Waals surface area (Å²) in [5.74, 6) is 0. The van der Waals surface area contributed by atoms with E-state index in [1.165, 1.54) is 0 Å². The van der Waals surface area contributed by atoms with E-state index in [9.17, 15) is 0 Å². The van der Waals surface area contributed by atoms with E-state index in [2.05, 4.69) is 145 Å². The Balaban J connectivity index is 0. The summed E-state index contributed by atoms with van der Waals surface area (Å²) in [6, 6.07) is 0. The molecule has 0 nitrogen and oxygen atoms in total. The molecule has 0 fully saturated rings. The summed E-state index contributed by atoms with van der Waals surface area (Å²) in [5.41, 5.74) is 0. The first-order valence-corrected chi connectivity index (χ1v) is 28.7. The van der Waals surface area contributed by atoms with Crippen molar-refractivity contribution in [2.75, 3.05) is 0 Å². The zero-order valence-electron chi connectivity index (χ0n) is 29.7. The van der Waals surface area contributed by atoms with Gasteiger partial charge in [0.05, 0.1) is 0 Å². The van der Waals surface area contributed by atoms with Crippen molar-refractivity contribution in [1.82, 2.24) is 0 Å². The van der Waals surface area contributed by atoms with Crippen LogP contribution in [0.5, 0.6) is 0 Å². The number of rotatable bonds is 4. The second kappa shape index (κ2) is 12.9. The van der Waals surface area contributed by atoms with E-state index >= 15 is 0 Å². The Morgan fingerprint density at radius 3 is 0.622 bits per heavy atom. The molecule has 210 valence electrons. The van der Waals surface area contributed by atoms with Crippen molar-refractivity contribution in [3.05, 3.63) is 0 Å². The Labute approximate surface area is 287 Å². The maximum Gasteiger partial charge on any atom is 1.00 e. The predicted octanol–water partition coefficient (Wildman–Crippen LogP) is 9.52. The maximum atomic E-state index is 2.61. The van der Waals surface area contributed by atoms with Crippen LogP contribution in [-0.2, 0) is 5.16 Å². The zero-order valence-corrected chi connectivity index (χ0v) is 40.2. The van der Waals surface area contributed by atoms with Crippen LogP contribution in [0.3, 0.4) is 0 Å². The number of hydrogen-bond acceptors (Lipinski definition) is 0. The van der Waals surface area contributed by atoms with Gasteiger partial charge in [-0.25, -0.2) is 0 Å². The van der Waals surface area contributed by atoms with Gasteiger partial charge in [-0.1, -0.05) is 191 Å². The molecule has 0 aromatic carbocycles. The molecule has 0 saturated carbocycles. The molecular formula is C28H63Na2P5Si2. The number of hydrogen-bond donors (Lipinski definition) is 0. The predicted molar refractivity (Wildman–Crippen MR) is 184 cm³/mol. The summed E-state index contributed by atoms with van der Waals surface area (Å²) in [6.45, 7) is 55.2. The van der Waals surface area contributed by atoms with Gasteiger partial charge < -0.3 is 15.6 Å². The molecular weight excluding hydrogens is 593 g/mol. The van der Waals surface area contributed by atoms with Crippen LogP contribution in [0, 0.1) is 0 Å². The fourth-order valence-corrected chi connectivity index (χ4v) is 131. The Kier molecular flexibility index (Phi) is 15.1. The molecule has 1 aromatic rings. The molecule has 0 aliphatic carbocycles. The van der Waals surface area contributed by atoms with Gasteiger partial charge in [-0.15, -0.1) is 6.89 Å². The molecule has 9 heteroatoms. The van der Waals surface area contributed by atoms with Crippen LogP contribution < -0.4 is 59.1 Å². The topological polar surface area (TPSA) is 0 Å². The first kappa shape index (κ1) is 43.3. The first-order chi connectivity index (χ1) is 14.8. The van der Waals surface area contributed by atoms with Crippen LogP contribution in [-0.4, -0.2) is 15.5 Å². The third-order valence-electron chi connectivity index (χ3n) is 8.06. The van der Waals surface area contributed by atoms with Gasteiger partial charge in [0.2, 0.25) is 0 Å². The van der Waals surface area contributed by atoms with E-state index in [4.69, 9.17) is 0 Å². The van der Waals surface area contributed by atoms with Crippen molar-refractivity contribution in [2.45, 2.75) is 181 Å². The van der Waals surface area contributed by atoms with Crippen molar-refractivity contribution in [2.24, 2.45) is 0 Å². The van der Waals surface area contributed by atoms with Crippen LogP contribution in [0.25, 0.3) is 0 Å². The van der Waals surface area contributed by atoms with Gasteiger partial charge in [0.15, 0.2) is 0 Å². The van der Waals surface area contributed by atoms with E-state index in [1.807, 2.05) is 15.6 Å². The minimum atomic E-state index is -1.73. The SMILES string of the molecule is CC(C)(C)p1p([P-][Si](C(C)(C)C)(C(C)(C)C)C(C)(C)C)p1[P-][Si](C(C)(C)C)(C(C)(C)C)C(C)(C)C.[Na+].[Na+]. The van der Waals surface area contributed by atoms with Crippen molar-refractivity contribution in [1.29, 1.82) is 0 Å². The summed E-state index contributed by atoms with van der Waals surface area (Å²) < 4.78 is 0. The van der Waals surface area contributed by atoms with E-state index in [0.29, 0.717) is 35.4 Å². The molecule has 0 bridgehead atoms. The van der Waals surface area contributed by atoms with Gasteiger partial charge in [0, 0.05) is 5.16 Å². The zero-order chi connectivity index (χ0) is 28.6. The van der Waals surface area contributed by atoms with Crippen LogP contribution >= 0.6 is 35.7 Å². The van der Waals surface area contributed by atoms with Crippen molar-refractivity contribution in [3.8, 4) is 0 Å². The molecule has 0 aliphatic rings. The van der Waals surface area contributed by atoms with E-state index < -0.39 is 15.5 Å². The average Bonchev–Trinajstić information content (AvgIpc) is 3.14. The molecule has 0 aliphatic heterocycles. The molecule has 1 aromatic heterocycles. The molecule has 37 heavy (non-hydrogen) atoms. The van der Waals surface area contributed by atoms with Crippen molar-refractivity contribution < 1.29 is 59.1 Å². The minimum absolute atomic E-state index is 0. The Bertz CT molecular complexity index is 726. The van der Waals surface area contributed by atoms with Gasteiger partial charge in [-0.3, -0.25) is 13.2 Å². The van der Waals surface area contributed by atoms with Crippen LogP contribution in [0.15, 0.2) is 0 Å². The second-order valence-corrected chi connectivity index (χ2v) is 58.4. The fraction of sp³-hybridized carbons (Fsp3) is 1.00. The third-order valence-corrected chi connectivity index (χ3v) is 83.0. The quantitative estimate of drug-likeness (QED) is 0.224. The average molecular weight is 657 g/mol. The minimum Gasteiger partial charge on any atom is -0.473 e.